The third kappa shape index (κ3) is 2.15. The Balaban J connectivity index is 2.03. The maximum atomic E-state index is 12.1. The van der Waals surface area contributed by atoms with Crippen molar-refractivity contribution in [3.8, 4) is 11.5 Å². The van der Waals surface area contributed by atoms with Crippen molar-refractivity contribution in [2.45, 2.75) is 0 Å². The number of hydrogen-bond donors (Lipinski definition) is 1. The minimum absolute atomic E-state index is 0.100. The fourth-order valence-electron chi connectivity index (χ4n) is 1.92. The van der Waals surface area contributed by atoms with Crippen LogP contribution in [-0.4, -0.2) is 10.9 Å². The van der Waals surface area contributed by atoms with Crippen LogP contribution < -0.4 is 4.74 Å². The van der Waals surface area contributed by atoms with Gasteiger partial charge in [-0.1, -0.05) is 28.1 Å². The fourth-order valence-corrected chi connectivity index (χ4v) is 2.30. The van der Waals surface area contributed by atoms with Gasteiger partial charge in [0.15, 0.2) is 5.76 Å². The highest BCUT2D eigenvalue weighted by atomic mass is 79.9. The number of phenols is 1. The summed E-state index contributed by atoms with van der Waals surface area (Å²) in [7, 11) is 0. The van der Waals surface area contributed by atoms with Gasteiger partial charge in [0.1, 0.15) is 11.5 Å². The lowest BCUT2D eigenvalue weighted by Gasteiger charge is -2.01. The van der Waals surface area contributed by atoms with Gasteiger partial charge in [-0.05, 0) is 36.4 Å². The molecule has 1 N–H and O–H groups in total. The largest absolute Gasteiger partial charge is 0.507 e. The molecule has 19 heavy (non-hydrogen) atoms. The lowest BCUT2D eigenvalue weighted by Crippen LogP contribution is -1.98. The van der Waals surface area contributed by atoms with Crippen molar-refractivity contribution in [1.29, 1.82) is 0 Å². The average Bonchev–Trinajstić information content (AvgIpc) is 2.72. The quantitative estimate of drug-likeness (QED) is 0.815. The van der Waals surface area contributed by atoms with Crippen LogP contribution in [0.15, 0.2) is 52.7 Å². The van der Waals surface area contributed by atoms with Crippen LogP contribution in [0.2, 0.25) is 0 Å². The van der Waals surface area contributed by atoms with Gasteiger partial charge >= 0.3 is 0 Å². The molecule has 3 rings (SSSR count). The maximum Gasteiger partial charge on any atom is 0.231 e. The summed E-state index contributed by atoms with van der Waals surface area (Å²) in [5.74, 6) is 0.695. The number of allylic oxidation sites excluding steroid dienone is 1. The van der Waals surface area contributed by atoms with Crippen molar-refractivity contribution in [3.63, 3.8) is 0 Å². The monoisotopic (exact) mass is 316 g/mol. The van der Waals surface area contributed by atoms with E-state index in [-0.39, 0.29) is 17.3 Å². The Morgan fingerprint density at radius 3 is 2.74 bits per heavy atom. The number of Topliss-reactive ketones (excluding diaryl/α,β-unsaturated/α-hetero) is 1. The number of rotatable bonds is 1. The van der Waals surface area contributed by atoms with E-state index in [2.05, 4.69) is 15.9 Å². The predicted octanol–water partition coefficient (Wildman–Crippen LogP) is 3.77. The molecule has 3 nitrogen and oxygen atoms in total. The van der Waals surface area contributed by atoms with Gasteiger partial charge < -0.3 is 9.84 Å². The molecular weight excluding hydrogens is 308 g/mol. The molecule has 2 aromatic carbocycles. The van der Waals surface area contributed by atoms with Gasteiger partial charge in [0.05, 0.1) is 5.56 Å². The first kappa shape index (κ1) is 12.0. The SMILES string of the molecule is O=C1C(=Cc2cc(Br)ccc2O)Oc2ccccc21. The molecule has 0 saturated carbocycles. The van der Waals surface area contributed by atoms with E-state index in [4.69, 9.17) is 4.74 Å². The highest BCUT2D eigenvalue weighted by Gasteiger charge is 2.26. The summed E-state index contributed by atoms with van der Waals surface area (Å²) in [6.45, 7) is 0. The van der Waals surface area contributed by atoms with Crippen LogP contribution >= 0.6 is 15.9 Å². The van der Waals surface area contributed by atoms with E-state index in [0.29, 0.717) is 16.9 Å². The summed E-state index contributed by atoms with van der Waals surface area (Å²) in [5.41, 5.74) is 1.08. The summed E-state index contributed by atoms with van der Waals surface area (Å²) in [4.78, 5) is 12.1. The van der Waals surface area contributed by atoms with E-state index < -0.39 is 0 Å². The Morgan fingerprint density at radius 2 is 1.95 bits per heavy atom. The highest BCUT2D eigenvalue weighted by Crippen LogP contribution is 2.33. The van der Waals surface area contributed by atoms with Crippen LogP contribution in [0.1, 0.15) is 15.9 Å². The van der Waals surface area contributed by atoms with E-state index in [0.717, 1.165) is 4.47 Å². The Bertz CT molecular complexity index is 704. The van der Waals surface area contributed by atoms with E-state index >= 15 is 0 Å². The Hall–Kier alpha value is -2.07. The van der Waals surface area contributed by atoms with Crippen molar-refractivity contribution >= 4 is 27.8 Å². The van der Waals surface area contributed by atoms with Crippen LogP contribution in [0, 0.1) is 0 Å². The van der Waals surface area contributed by atoms with Gasteiger partial charge in [-0.15, -0.1) is 0 Å². The molecule has 0 atom stereocenters. The number of benzene rings is 2. The molecule has 0 radical (unpaired) electrons. The highest BCUT2D eigenvalue weighted by molar-refractivity contribution is 9.10. The van der Waals surface area contributed by atoms with Crippen molar-refractivity contribution in [2.75, 3.05) is 0 Å². The third-order valence-corrected chi connectivity index (χ3v) is 3.34. The molecule has 94 valence electrons. The summed E-state index contributed by atoms with van der Waals surface area (Å²) in [5, 5.41) is 9.77. The summed E-state index contributed by atoms with van der Waals surface area (Å²) >= 11 is 3.32. The number of carbonyl (C=O) groups is 1. The van der Waals surface area contributed by atoms with E-state index in [1.807, 2.05) is 6.07 Å². The Labute approximate surface area is 118 Å². The van der Waals surface area contributed by atoms with Gasteiger partial charge in [0.25, 0.3) is 0 Å². The zero-order valence-corrected chi connectivity index (χ0v) is 11.3. The smallest absolute Gasteiger partial charge is 0.231 e. The van der Waals surface area contributed by atoms with Crippen LogP contribution in [-0.2, 0) is 0 Å². The molecule has 0 fully saturated rings. The molecule has 0 unspecified atom stereocenters. The fraction of sp³-hybridized carbons (Fsp3) is 0. The predicted molar refractivity (Wildman–Crippen MR) is 75.2 cm³/mol. The molecule has 0 spiro atoms. The number of ketones is 1. The van der Waals surface area contributed by atoms with Gasteiger partial charge in [-0.3, -0.25) is 4.79 Å². The van der Waals surface area contributed by atoms with Crippen molar-refractivity contribution in [3.05, 3.63) is 63.8 Å². The lowest BCUT2D eigenvalue weighted by molar-refractivity contribution is 0.101. The van der Waals surface area contributed by atoms with Crippen LogP contribution in [0.4, 0.5) is 0 Å². The Morgan fingerprint density at radius 1 is 1.16 bits per heavy atom. The van der Waals surface area contributed by atoms with Crippen LogP contribution in [0.3, 0.4) is 0 Å². The van der Waals surface area contributed by atoms with E-state index in [1.54, 1.807) is 42.5 Å². The lowest BCUT2D eigenvalue weighted by atomic mass is 10.1. The maximum absolute atomic E-state index is 12.1. The van der Waals surface area contributed by atoms with Crippen molar-refractivity contribution in [2.24, 2.45) is 0 Å². The number of carbonyl (C=O) groups excluding carboxylic acids is 1. The second kappa shape index (κ2) is 4.55. The normalized spacial score (nSPS) is 15.4. The minimum Gasteiger partial charge on any atom is -0.507 e. The number of halogens is 1. The van der Waals surface area contributed by atoms with Crippen molar-refractivity contribution in [1.82, 2.24) is 0 Å². The number of phenolic OH excluding ortho intramolecular Hbond substituents is 1. The standard InChI is InChI=1S/C15H9BrO3/c16-10-5-6-12(17)9(7-10)8-14-15(18)11-3-1-2-4-13(11)19-14/h1-8,17H. The Kier molecular flexibility index (Phi) is 2.87. The first-order valence-electron chi connectivity index (χ1n) is 5.67. The average molecular weight is 317 g/mol. The van der Waals surface area contributed by atoms with Gasteiger partial charge in [0, 0.05) is 10.0 Å². The van der Waals surface area contributed by atoms with Crippen LogP contribution in [0.25, 0.3) is 6.08 Å². The topological polar surface area (TPSA) is 46.5 Å². The molecule has 4 heteroatoms. The second-order valence-electron chi connectivity index (χ2n) is 4.14. The first-order chi connectivity index (χ1) is 9.15. The third-order valence-electron chi connectivity index (χ3n) is 2.85. The van der Waals surface area contributed by atoms with Crippen molar-refractivity contribution < 1.29 is 14.6 Å². The second-order valence-corrected chi connectivity index (χ2v) is 5.05. The minimum atomic E-state index is -0.171. The number of aromatic hydroxyl groups is 1. The molecule has 1 aliphatic heterocycles. The first-order valence-corrected chi connectivity index (χ1v) is 6.46. The summed E-state index contributed by atoms with van der Waals surface area (Å²) in [6.07, 6.45) is 1.54. The molecule has 1 aliphatic rings. The number of ether oxygens (including phenoxy) is 1. The molecular formula is C15H9BrO3. The van der Waals surface area contributed by atoms with Gasteiger partial charge in [-0.25, -0.2) is 0 Å². The zero-order chi connectivity index (χ0) is 13.4. The molecule has 0 saturated heterocycles. The molecule has 0 aliphatic carbocycles. The van der Waals surface area contributed by atoms with E-state index in [9.17, 15) is 9.90 Å². The zero-order valence-electron chi connectivity index (χ0n) is 9.76. The van der Waals surface area contributed by atoms with E-state index in [1.165, 1.54) is 0 Å². The molecule has 0 amide bonds. The summed E-state index contributed by atoms with van der Waals surface area (Å²) in [6, 6.07) is 12.1. The number of fused-ring (bicyclic) bond motifs is 1. The van der Waals surface area contributed by atoms with Crippen LogP contribution in [0.5, 0.6) is 11.5 Å². The molecule has 2 aromatic rings. The van der Waals surface area contributed by atoms with Gasteiger partial charge in [-0.2, -0.15) is 0 Å². The number of para-hydroxylation sites is 1. The summed E-state index contributed by atoms with van der Waals surface area (Å²) < 4.78 is 6.32. The molecule has 1 heterocycles. The molecule has 0 bridgehead atoms. The molecule has 0 aromatic heterocycles. The van der Waals surface area contributed by atoms with Gasteiger partial charge in [0.2, 0.25) is 5.78 Å². The number of hydrogen-bond acceptors (Lipinski definition) is 3.